The number of carbonyl (C=O) groups excluding carboxylic acids is 1. The first kappa shape index (κ1) is 13.8. The van der Waals surface area contributed by atoms with Gasteiger partial charge in [0.15, 0.2) is 0 Å². The Hall–Kier alpha value is -1.59. The average Bonchev–Trinajstić information content (AvgIpc) is 2.44. The van der Waals surface area contributed by atoms with Crippen LogP contribution in [0.3, 0.4) is 0 Å². The molecular weight excluding hydrogens is 244 g/mol. The Morgan fingerprint density at radius 2 is 2.00 bits per heavy atom. The van der Waals surface area contributed by atoms with E-state index in [4.69, 9.17) is 9.47 Å². The molecule has 0 aromatic heterocycles. The predicted molar refractivity (Wildman–Crippen MR) is 72.2 cm³/mol. The van der Waals surface area contributed by atoms with Gasteiger partial charge in [0.1, 0.15) is 12.4 Å². The van der Waals surface area contributed by atoms with Crippen molar-refractivity contribution in [3.8, 4) is 5.75 Å². The van der Waals surface area contributed by atoms with Crippen molar-refractivity contribution in [2.24, 2.45) is 0 Å². The number of nitrogens with one attached hydrogen (secondary N) is 1. The van der Waals surface area contributed by atoms with Crippen molar-refractivity contribution < 1.29 is 14.3 Å². The molecule has 5 nitrogen and oxygen atoms in total. The monoisotopic (exact) mass is 264 g/mol. The quantitative estimate of drug-likeness (QED) is 0.729. The minimum absolute atomic E-state index is 0.0960. The number of amides is 1. The first-order chi connectivity index (χ1) is 9.34. The van der Waals surface area contributed by atoms with Crippen LogP contribution >= 0.6 is 0 Å². The highest BCUT2D eigenvalue weighted by molar-refractivity contribution is 5.78. The normalized spacial score (nSPS) is 16.1. The number of benzene rings is 1. The standard InChI is InChI=1S/C14H20N2O3/c17-14-12-16(7-6-15-14)8-9-18-10-11-19-13-4-2-1-3-5-13/h1-5H,6-12H2,(H,15,17). The van der Waals surface area contributed by atoms with Crippen molar-refractivity contribution in [2.45, 2.75) is 0 Å². The molecule has 1 aromatic carbocycles. The first-order valence-corrected chi connectivity index (χ1v) is 6.59. The Morgan fingerprint density at radius 3 is 2.79 bits per heavy atom. The smallest absolute Gasteiger partial charge is 0.234 e. The number of nitrogens with zero attached hydrogens (tertiary/aromatic N) is 1. The molecule has 19 heavy (non-hydrogen) atoms. The fourth-order valence-corrected chi connectivity index (χ4v) is 1.91. The van der Waals surface area contributed by atoms with E-state index in [1.807, 2.05) is 30.3 Å². The molecule has 1 heterocycles. The Balaban J connectivity index is 1.49. The van der Waals surface area contributed by atoms with Gasteiger partial charge >= 0.3 is 0 Å². The lowest BCUT2D eigenvalue weighted by molar-refractivity contribution is -0.124. The molecule has 1 aliphatic heterocycles. The summed E-state index contributed by atoms with van der Waals surface area (Å²) in [4.78, 5) is 13.2. The average molecular weight is 264 g/mol. The van der Waals surface area contributed by atoms with Gasteiger partial charge in [-0.05, 0) is 12.1 Å². The number of para-hydroxylation sites is 1. The van der Waals surface area contributed by atoms with E-state index in [0.717, 1.165) is 25.4 Å². The van der Waals surface area contributed by atoms with Gasteiger partial charge in [-0.2, -0.15) is 0 Å². The second-order valence-electron chi connectivity index (χ2n) is 4.40. The first-order valence-electron chi connectivity index (χ1n) is 6.59. The van der Waals surface area contributed by atoms with Crippen LogP contribution in [-0.2, 0) is 9.53 Å². The molecule has 1 fully saturated rings. The molecule has 1 aromatic rings. The van der Waals surface area contributed by atoms with Gasteiger partial charge in [0.25, 0.3) is 0 Å². The largest absolute Gasteiger partial charge is 0.491 e. The van der Waals surface area contributed by atoms with E-state index in [2.05, 4.69) is 10.2 Å². The maximum atomic E-state index is 11.2. The molecule has 0 aliphatic carbocycles. The molecule has 0 atom stereocenters. The van der Waals surface area contributed by atoms with Crippen molar-refractivity contribution >= 4 is 5.91 Å². The van der Waals surface area contributed by atoms with Gasteiger partial charge in [-0.15, -0.1) is 0 Å². The molecule has 1 amide bonds. The fourth-order valence-electron chi connectivity index (χ4n) is 1.91. The number of hydrogen-bond acceptors (Lipinski definition) is 4. The lowest BCUT2D eigenvalue weighted by Gasteiger charge is -2.26. The van der Waals surface area contributed by atoms with Gasteiger partial charge in [0, 0.05) is 19.6 Å². The summed E-state index contributed by atoms with van der Waals surface area (Å²) in [6.45, 7) is 4.64. The van der Waals surface area contributed by atoms with Crippen LogP contribution in [0.25, 0.3) is 0 Å². The lowest BCUT2D eigenvalue weighted by Crippen LogP contribution is -2.48. The van der Waals surface area contributed by atoms with Crippen molar-refractivity contribution in [1.82, 2.24) is 10.2 Å². The zero-order chi connectivity index (χ0) is 13.3. The Morgan fingerprint density at radius 1 is 1.16 bits per heavy atom. The topological polar surface area (TPSA) is 50.8 Å². The molecule has 1 N–H and O–H groups in total. The van der Waals surface area contributed by atoms with Crippen LogP contribution in [0.1, 0.15) is 0 Å². The summed E-state index contributed by atoms with van der Waals surface area (Å²) in [6, 6.07) is 9.69. The van der Waals surface area contributed by atoms with Crippen LogP contribution in [0, 0.1) is 0 Å². The number of carbonyl (C=O) groups is 1. The van der Waals surface area contributed by atoms with E-state index in [1.165, 1.54) is 0 Å². The molecule has 5 heteroatoms. The number of piperazine rings is 1. The van der Waals surface area contributed by atoms with Crippen molar-refractivity contribution in [2.75, 3.05) is 46.0 Å². The Bertz CT molecular complexity index is 384. The summed E-state index contributed by atoms with van der Waals surface area (Å²) < 4.78 is 11.0. The predicted octanol–water partition coefficient (Wildman–Crippen LogP) is 0.514. The summed E-state index contributed by atoms with van der Waals surface area (Å²) in [5.74, 6) is 0.956. The van der Waals surface area contributed by atoms with Crippen molar-refractivity contribution in [3.05, 3.63) is 30.3 Å². The highest BCUT2D eigenvalue weighted by Crippen LogP contribution is 2.07. The number of hydrogen-bond donors (Lipinski definition) is 1. The van der Waals surface area contributed by atoms with E-state index in [1.54, 1.807) is 0 Å². The second kappa shape index (κ2) is 7.76. The Kier molecular flexibility index (Phi) is 5.65. The Labute approximate surface area is 113 Å². The molecule has 0 bridgehead atoms. The van der Waals surface area contributed by atoms with Crippen LogP contribution in [0.2, 0.25) is 0 Å². The van der Waals surface area contributed by atoms with Crippen LogP contribution < -0.4 is 10.1 Å². The molecule has 0 spiro atoms. The van der Waals surface area contributed by atoms with Crippen LogP contribution in [0.4, 0.5) is 0 Å². The van der Waals surface area contributed by atoms with Gasteiger partial charge in [-0.3, -0.25) is 9.69 Å². The van der Waals surface area contributed by atoms with Crippen LogP contribution in [-0.4, -0.2) is 56.8 Å². The third-order valence-electron chi connectivity index (χ3n) is 2.91. The minimum Gasteiger partial charge on any atom is -0.491 e. The number of ether oxygens (including phenoxy) is 2. The third kappa shape index (κ3) is 5.28. The highest BCUT2D eigenvalue weighted by Gasteiger charge is 2.14. The molecule has 104 valence electrons. The molecule has 1 aliphatic rings. The zero-order valence-electron chi connectivity index (χ0n) is 11.0. The van der Waals surface area contributed by atoms with E-state index in [-0.39, 0.29) is 5.91 Å². The van der Waals surface area contributed by atoms with Gasteiger partial charge < -0.3 is 14.8 Å². The van der Waals surface area contributed by atoms with Gasteiger partial charge in [-0.25, -0.2) is 0 Å². The third-order valence-corrected chi connectivity index (χ3v) is 2.91. The highest BCUT2D eigenvalue weighted by atomic mass is 16.5. The maximum Gasteiger partial charge on any atom is 0.234 e. The molecule has 0 unspecified atom stereocenters. The van der Waals surface area contributed by atoms with Gasteiger partial charge in [0.05, 0.1) is 19.8 Å². The zero-order valence-corrected chi connectivity index (χ0v) is 11.0. The van der Waals surface area contributed by atoms with E-state index >= 15 is 0 Å². The molecule has 2 rings (SSSR count). The lowest BCUT2D eigenvalue weighted by atomic mass is 10.3. The van der Waals surface area contributed by atoms with Gasteiger partial charge in [-0.1, -0.05) is 18.2 Å². The van der Waals surface area contributed by atoms with Crippen molar-refractivity contribution in [1.29, 1.82) is 0 Å². The van der Waals surface area contributed by atoms with E-state index in [9.17, 15) is 4.79 Å². The molecular formula is C14H20N2O3. The number of rotatable bonds is 7. The maximum absolute atomic E-state index is 11.2. The minimum atomic E-state index is 0.0960. The van der Waals surface area contributed by atoms with E-state index in [0.29, 0.717) is 26.4 Å². The summed E-state index contributed by atoms with van der Waals surface area (Å²) in [7, 11) is 0. The molecule has 0 radical (unpaired) electrons. The molecule has 1 saturated heterocycles. The SMILES string of the molecule is O=C1CN(CCOCCOc2ccccc2)CCN1. The summed E-state index contributed by atoms with van der Waals surface area (Å²) in [6.07, 6.45) is 0. The van der Waals surface area contributed by atoms with Crippen molar-refractivity contribution in [3.63, 3.8) is 0 Å². The van der Waals surface area contributed by atoms with Gasteiger partial charge in [0.2, 0.25) is 5.91 Å². The van der Waals surface area contributed by atoms with E-state index < -0.39 is 0 Å². The summed E-state index contributed by atoms with van der Waals surface area (Å²) >= 11 is 0. The fraction of sp³-hybridized carbons (Fsp3) is 0.500. The molecule has 0 saturated carbocycles. The second-order valence-corrected chi connectivity index (χ2v) is 4.40. The van der Waals surface area contributed by atoms with Crippen LogP contribution in [0.15, 0.2) is 30.3 Å². The summed E-state index contributed by atoms with van der Waals surface area (Å²) in [5.41, 5.74) is 0. The van der Waals surface area contributed by atoms with Crippen LogP contribution in [0.5, 0.6) is 5.75 Å². The summed E-state index contributed by atoms with van der Waals surface area (Å²) in [5, 5.41) is 2.80.